The number of nitrogens with one attached hydrogen (secondary N) is 1. The van der Waals surface area contributed by atoms with Crippen molar-refractivity contribution in [2.75, 3.05) is 6.61 Å². The van der Waals surface area contributed by atoms with E-state index in [0.29, 0.717) is 4.47 Å². The second-order valence-corrected chi connectivity index (χ2v) is 4.61. The Morgan fingerprint density at radius 3 is 2.90 bits per heavy atom. The van der Waals surface area contributed by atoms with Crippen molar-refractivity contribution in [3.63, 3.8) is 0 Å². The summed E-state index contributed by atoms with van der Waals surface area (Å²) in [6, 6.07) is 5.80. The molecular formula is C13H11BrFN3O3. The lowest BCUT2D eigenvalue weighted by Gasteiger charge is -2.05. The topological polar surface area (TPSA) is 91.5 Å². The van der Waals surface area contributed by atoms with Gasteiger partial charge in [0.1, 0.15) is 5.82 Å². The van der Waals surface area contributed by atoms with Gasteiger partial charge in [-0.3, -0.25) is 15.1 Å². The summed E-state index contributed by atoms with van der Waals surface area (Å²) in [7, 11) is 0. The minimum absolute atomic E-state index is 0.0256. The SMILES string of the molecule is CCOC(=O)NC(=O)C(C#N)C=Nc1ccc(Br)cc1F. The van der Waals surface area contributed by atoms with Gasteiger partial charge in [0, 0.05) is 10.7 Å². The molecule has 8 heteroatoms. The van der Waals surface area contributed by atoms with Crippen LogP contribution >= 0.6 is 15.9 Å². The third-order valence-corrected chi connectivity index (χ3v) is 2.69. The van der Waals surface area contributed by atoms with Crippen LogP contribution < -0.4 is 5.32 Å². The Bertz CT molecular complexity index is 613. The number of halogens is 2. The number of aliphatic imine (C=N–C) groups is 1. The van der Waals surface area contributed by atoms with Gasteiger partial charge in [0.25, 0.3) is 5.91 Å². The van der Waals surface area contributed by atoms with Crippen molar-refractivity contribution in [1.82, 2.24) is 5.32 Å². The number of amides is 2. The Morgan fingerprint density at radius 1 is 1.62 bits per heavy atom. The van der Waals surface area contributed by atoms with E-state index in [1.165, 1.54) is 12.1 Å². The molecule has 1 unspecified atom stereocenters. The highest BCUT2D eigenvalue weighted by molar-refractivity contribution is 9.10. The van der Waals surface area contributed by atoms with Crippen molar-refractivity contribution in [1.29, 1.82) is 5.26 Å². The van der Waals surface area contributed by atoms with Crippen LogP contribution in [0.25, 0.3) is 0 Å². The maximum absolute atomic E-state index is 13.5. The van der Waals surface area contributed by atoms with Crippen LogP contribution in [0.3, 0.4) is 0 Å². The van der Waals surface area contributed by atoms with Gasteiger partial charge in [-0.25, -0.2) is 9.18 Å². The molecule has 0 aliphatic carbocycles. The average molecular weight is 356 g/mol. The predicted octanol–water partition coefficient (Wildman–Crippen LogP) is 2.70. The summed E-state index contributed by atoms with van der Waals surface area (Å²) < 4.78 is 18.6. The molecule has 1 N–H and O–H groups in total. The van der Waals surface area contributed by atoms with Crippen LogP contribution in [0.4, 0.5) is 14.9 Å². The molecule has 1 aromatic carbocycles. The van der Waals surface area contributed by atoms with E-state index in [1.54, 1.807) is 19.1 Å². The van der Waals surface area contributed by atoms with E-state index in [9.17, 15) is 14.0 Å². The Balaban J connectivity index is 2.77. The molecule has 0 spiro atoms. The molecule has 2 amide bonds. The summed E-state index contributed by atoms with van der Waals surface area (Å²) in [6.45, 7) is 1.66. The molecule has 0 radical (unpaired) electrons. The van der Waals surface area contributed by atoms with Crippen LogP contribution in [0.5, 0.6) is 0 Å². The van der Waals surface area contributed by atoms with Gasteiger partial charge in [-0.15, -0.1) is 0 Å². The Kier molecular flexibility index (Phi) is 6.49. The molecule has 6 nitrogen and oxygen atoms in total. The smallest absolute Gasteiger partial charge is 0.413 e. The van der Waals surface area contributed by atoms with Crippen LogP contribution in [-0.2, 0) is 9.53 Å². The first-order valence-corrected chi connectivity index (χ1v) is 6.63. The number of nitriles is 1. The minimum atomic E-state index is -1.34. The standard InChI is InChI=1S/C13H11BrFN3O3/c1-2-21-13(20)18-12(19)8(6-16)7-17-11-4-3-9(14)5-10(11)15/h3-5,7-8H,2H2,1H3,(H,18,19,20). The number of alkyl carbamates (subject to hydrolysis) is 1. The molecule has 0 aromatic heterocycles. The Morgan fingerprint density at radius 2 is 2.33 bits per heavy atom. The van der Waals surface area contributed by atoms with E-state index in [2.05, 4.69) is 25.7 Å². The highest BCUT2D eigenvalue weighted by Gasteiger charge is 2.18. The molecule has 0 fully saturated rings. The average Bonchev–Trinajstić information content (AvgIpc) is 2.41. The number of nitrogens with zero attached hydrogens (tertiary/aromatic N) is 2. The summed E-state index contributed by atoms with van der Waals surface area (Å²) in [5.41, 5.74) is -0.0256. The number of carbonyl (C=O) groups excluding carboxylic acids is 2. The van der Waals surface area contributed by atoms with Gasteiger partial charge >= 0.3 is 6.09 Å². The predicted molar refractivity (Wildman–Crippen MR) is 76.5 cm³/mol. The van der Waals surface area contributed by atoms with Gasteiger partial charge in [0.05, 0.1) is 18.4 Å². The molecule has 0 aliphatic rings. The molecule has 0 saturated heterocycles. The third kappa shape index (κ3) is 5.31. The zero-order chi connectivity index (χ0) is 15.8. The highest BCUT2D eigenvalue weighted by Crippen LogP contribution is 2.21. The van der Waals surface area contributed by atoms with E-state index in [0.717, 1.165) is 6.21 Å². The fourth-order valence-electron chi connectivity index (χ4n) is 1.25. The van der Waals surface area contributed by atoms with Crippen LogP contribution in [-0.4, -0.2) is 24.8 Å². The van der Waals surface area contributed by atoms with E-state index in [1.807, 2.05) is 5.32 Å². The molecule has 0 aliphatic heterocycles. The number of rotatable bonds is 4. The fraction of sp³-hybridized carbons (Fsp3) is 0.231. The molecule has 0 heterocycles. The van der Waals surface area contributed by atoms with Gasteiger partial charge in [0.2, 0.25) is 0 Å². The number of hydrogen-bond acceptors (Lipinski definition) is 5. The van der Waals surface area contributed by atoms with Crippen molar-refractivity contribution in [2.24, 2.45) is 10.9 Å². The first-order chi connectivity index (χ1) is 9.97. The summed E-state index contributed by atoms with van der Waals surface area (Å²) in [5, 5.41) is 10.8. The number of ether oxygens (including phenoxy) is 1. The largest absolute Gasteiger partial charge is 0.450 e. The first-order valence-electron chi connectivity index (χ1n) is 5.84. The van der Waals surface area contributed by atoms with Gasteiger partial charge in [-0.1, -0.05) is 15.9 Å². The molecule has 1 atom stereocenters. The number of carbonyl (C=O) groups is 2. The Hall–Kier alpha value is -2.27. The summed E-state index contributed by atoms with van der Waals surface area (Å²) in [6.07, 6.45) is 0.00640. The first kappa shape index (κ1) is 16.8. The van der Waals surface area contributed by atoms with E-state index in [4.69, 9.17) is 5.26 Å². The summed E-state index contributed by atoms with van der Waals surface area (Å²) >= 11 is 3.10. The van der Waals surface area contributed by atoms with Crippen LogP contribution in [0, 0.1) is 23.1 Å². The lowest BCUT2D eigenvalue weighted by molar-refractivity contribution is -0.121. The highest BCUT2D eigenvalue weighted by atomic mass is 79.9. The van der Waals surface area contributed by atoms with Crippen molar-refractivity contribution < 1.29 is 18.7 Å². The molecule has 0 bridgehead atoms. The summed E-state index contributed by atoms with van der Waals surface area (Å²) in [5.74, 6) is -2.84. The van der Waals surface area contributed by atoms with Gasteiger partial charge in [-0.05, 0) is 25.1 Å². The number of imide groups is 1. The maximum Gasteiger partial charge on any atom is 0.413 e. The lowest BCUT2D eigenvalue weighted by Crippen LogP contribution is -2.36. The van der Waals surface area contributed by atoms with Crippen LogP contribution in [0.15, 0.2) is 27.7 Å². The molecule has 110 valence electrons. The minimum Gasteiger partial charge on any atom is -0.450 e. The molecule has 21 heavy (non-hydrogen) atoms. The molecular weight excluding hydrogens is 345 g/mol. The number of benzene rings is 1. The van der Waals surface area contributed by atoms with Gasteiger partial charge < -0.3 is 4.74 Å². The maximum atomic E-state index is 13.5. The van der Waals surface area contributed by atoms with Crippen LogP contribution in [0.1, 0.15) is 6.92 Å². The lowest BCUT2D eigenvalue weighted by atomic mass is 10.2. The third-order valence-electron chi connectivity index (χ3n) is 2.19. The van der Waals surface area contributed by atoms with E-state index < -0.39 is 23.7 Å². The molecule has 1 rings (SSSR count). The van der Waals surface area contributed by atoms with E-state index in [-0.39, 0.29) is 12.3 Å². The van der Waals surface area contributed by atoms with Gasteiger partial charge in [-0.2, -0.15) is 5.26 Å². The second kappa shape index (κ2) is 8.11. The van der Waals surface area contributed by atoms with Crippen molar-refractivity contribution in [3.05, 3.63) is 28.5 Å². The van der Waals surface area contributed by atoms with Crippen molar-refractivity contribution in [3.8, 4) is 6.07 Å². The zero-order valence-corrected chi connectivity index (χ0v) is 12.6. The normalized spacial score (nSPS) is 11.7. The quantitative estimate of drug-likeness (QED) is 0.840. The zero-order valence-electron chi connectivity index (χ0n) is 11.0. The summed E-state index contributed by atoms with van der Waals surface area (Å²) in [4.78, 5) is 26.4. The van der Waals surface area contributed by atoms with E-state index >= 15 is 0 Å². The number of hydrogen-bond donors (Lipinski definition) is 1. The Labute approximate surface area is 128 Å². The van der Waals surface area contributed by atoms with Gasteiger partial charge in [0.15, 0.2) is 5.92 Å². The molecule has 1 aromatic rings. The fourth-order valence-corrected chi connectivity index (χ4v) is 1.58. The monoisotopic (exact) mass is 355 g/mol. The second-order valence-electron chi connectivity index (χ2n) is 3.69. The van der Waals surface area contributed by atoms with Crippen molar-refractivity contribution >= 4 is 39.8 Å². The van der Waals surface area contributed by atoms with Crippen LogP contribution in [0.2, 0.25) is 0 Å². The van der Waals surface area contributed by atoms with Crippen molar-refractivity contribution in [2.45, 2.75) is 6.92 Å². The molecule has 0 saturated carbocycles.